The largest absolute Gasteiger partial charge is 0.354 e. The average molecular weight is 361 g/mol. The number of hydrogen-bond donors (Lipinski definition) is 3. The smallest absolute Gasteiger partial charge is 0.275 e. The molecule has 7 heteroatoms. The third-order valence-electron chi connectivity index (χ3n) is 4.51. The summed E-state index contributed by atoms with van der Waals surface area (Å²) in [5.41, 5.74) is 0.695. The van der Waals surface area contributed by atoms with Crippen molar-refractivity contribution in [3.8, 4) is 0 Å². The van der Waals surface area contributed by atoms with Crippen LogP contribution in [0.1, 0.15) is 30.6 Å². The Labute approximate surface area is 154 Å². The summed E-state index contributed by atoms with van der Waals surface area (Å²) >= 11 is 0. The predicted octanol–water partition coefficient (Wildman–Crippen LogP) is -0.942. The zero-order valence-electron chi connectivity index (χ0n) is 15.6. The van der Waals surface area contributed by atoms with Gasteiger partial charge in [-0.25, -0.2) is 0 Å². The van der Waals surface area contributed by atoms with Gasteiger partial charge in [0, 0.05) is 12.1 Å². The number of quaternary nitrogens is 1. The van der Waals surface area contributed by atoms with Crippen molar-refractivity contribution in [2.45, 2.75) is 26.3 Å². The fraction of sp³-hybridized carbons (Fsp3) is 0.526. The monoisotopic (exact) mass is 361 g/mol. The van der Waals surface area contributed by atoms with Crippen LogP contribution >= 0.6 is 0 Å². The summed E-state index contributed by atoms with van der Waals surface area (Å²) < 4.78 is 0. The molecule has 0 radical (unpaired) electrons. The summed E-state index contributed by atoms with van der Waals surface area (Å²) in [5, 5.41) is 5.51. The number of rotatable bonds is 7. The lowest BCUT2D eigenvalue weighted by molar-refractivity contribution is -0.896. The Morgan fingerprint density at radius 2 is 1.81 bits per heavy atom. The van der Waals surface area contributed by atoms with Crippen LogP contribution in [0.3, 0.4) is 0 Å². The first-order valence-electron chi connectivity index (χ1n) is 9.26. The molecule has 3 amide bonds. The number of carbonyl (C=O) groups is 3. The minimum Gasteiger partial charge on any atom is -0.354 e. The van der Waals surface area contributed by atoms with Crippen molar-refractivity contribution in [3.63, 3.8) is 0 Å². The van der Waals surface area contributed by atoms with E-state index < -0.39 is 6.04 Å². The molecule has 142 valence electrons. The Balaban J connectivity index is 1.73. The summed E-state index contributed by atoms with van der Waals surface area (Å²) in [4.78, 5) is 39.3. The van der Waals surface area contributed by atoms with Crippen LogP contribution in [-0.2, 0) is 9.59 Å². The van der Waals surface area contributed by atoms with Crippen LogP contribution < -0.4 is 15.5 Å². The van der Waals surface area contributed by atoms with E-state index in [9.17, 15) is 14.4 Å². The first-order chi connectivity index (χ1) is 12.5. The number of nitrogens with zero attached hydrogens (tertiary/aromatic N) is 1. The first-order valence-corrected chi connectivity index (χ1v) is 9.26. The molecule has 1 aromatic rings. The van der Waals surface area contributed by atoms with E-state index in [1.807, 2.05) is 42.2 Å². The lowest BCUT2D eigenvalue weighted by Gasteiger charge is -2.32. The Hall–Kier alpha value is -2.41. The minimum atomic E-state index is -0.533. The molecular weight excluding hydrogens is 332 g/mol. The Morgan fingerprint density at radius 3 is 2.42 bits per heavy atom. The van der Waals surface area contributed by atoms with Crippen LogP contribution in [0.15, 0.2) is 30.3 Å². The number of amides is 3. The van der Waals surface area contributed by atoms with Gasteiger partial charge in [0.1, 0.15) is 6.04 Å². The summed E-state index contributed by atoms with van der Waals surface area (Å²) in [6.07, 6.45) is 0.864. The van der Waals surface area contributed by atoms with E-state index in [1.54, 1.807) is 6.92 Å². The molecule has 1 aliphatic heterocycles. The number of carbonyl (C=O) groups excluding carboxylic acids is 3. The van der Waals surface area contributed by atoms with Crippen molar-refractivity contribution in [2.24, 2.45) is 0 Å². The topological polar surface area (TPSA) is 82.9 Å². The highest BCUT2D eigenvalue weighted by Gasteiger charge is 2.26. The van der Waals surface area contributed by atoms with Gasteiger partial charge in [-0.3, -0.25) is 14.4 Å². The highest BCUT2D eigenvalue weighted by atomic mass is 16.2. The van der Waals surface area contributed by atoms with Gasteiger partial charge >= 0.3 is 0 Å². The molecule has 0 saturated carbocycles. The lowest BCUT2D eigenvalue weighted by Crippen LogP contribution is -3.16. The molecule has 0 aliphatic carbocycles. The van der Waals surface area contributed by atoms with E-state index in [4.69, 9.17) is 0 Å². The molecule has 0 aromatic heterocycles. The van der Waals surface area contributed by atoms with Gasteiger partial charge in [0.15, 0.2) is 6.54 Å². The van der Waals surface area contributed by atoms with E-state index in [1.165, 1.54) is 0 Å². The fourth-order valence-electron chi connectivity index (χ4n) is 2.95. The normalized spacial score (nSPS) is 16.0. The molecule has 0 unspecified atom stereocenters. The SMILES string of the molecule is CCCNC(=O)[C@H](C)NC(=O)C[NH+]1CCN(C(=O)c2ccccc2)CC1. The third-order valence-corrected chi connectivity index (χ3v) is 4.51. The molecule has 26 heavy (non-hydrogen) atoms. The fourth-order valence-corrected chi connectivity index (χ4v) is 2.95. The average Bonchev–Trinajstić information content (AvgIpc) is 2.66. The van der Waals surface area contributed by atoms with Gasteiger partial charge in [-0.05, 0) is 25.5 Å². The van der Waals surface area contributed by atoms with Crippen molar-refractivity contribution in [1.29, 1.82) is 0 Å². The minimum absolute atomic E-state index is 0.0373. The molecule has 1 heterocycles. The van der Waals surface area contributed by atoms with Crippen molar-refractivity contribution >= 4 is 17.7 Å². The number of nitrogens with one attached hydrogen (secondary N) is 3. The second-order valence-corrected chi connectivity index (χ2v) is 6.67. The van der Waals surface area contributed by atoms with Crippen LogP contribution in [-0.4, -0.2) is 67.9 Å². The standard InChI is InChI=1S/C19H28N4O3/c1-3-9-20-18(25)15(2)21-17(24)14-22-10-12-23(13-11-22)19(26)16-7-5-4-6-8-16/h4-8,15H,3,9-14H2,1-2H3,(H,20,25)(H,21,24)/p+1/t15-/m0/s1. The molecule has 1 fully saturated rings. The number of piperazine rings is 1. The Kier molecular flexibility index (Phi) is 7.59. The number of hydrogen-bond acceptors (Lipinski definition) is 3. The second-order valence-electron chi connectivity index (χ2n) is 6.67. The first kappa shape index (κ1) is 19.9. The summed E-state index contributed by atoms with van der Waals surface area (Å²) in [6.45, 7) is 7.31. The van der Waals surface area contributed by atoms with E-state index in [0.717, 1.165) is 24.4 Å². The highest BCUT2D eigenvalue weighted by molar-refractivity contribution is 5.94. The molecule has 3 N–H and O–H groups in total. The molecule has 1 atom stereocenters. The van der Waals surface area contributed by atoms with Crippen molar-refractivity contribution in [3.05, 3.63) is 35.9 Å². The highest BCUT2D eigenvalue weighted by Crippen LogP contribution is 2.04. The Bertz CT molecular complexity index is 612. The zero-order valence-corrected chi connectivity index (χ0v) is 15.6. The summed E-state index contributed by atoms with van der Waals surface area (Å²) in [5.74, 6) is -0.259. The van der Waals surface area contributed by atoms with E-state index in [0.29, 0.717) is 31.7 Å². The Morgan fingerprint density at radius 1 is 1.15 bits per heavy atom. The van der Waals surface area contributed by atoms with Crippen molar-refractivity contribution in [1.82, 2.24) is 15.5 Å². The van der Waals surface area contributed by atoms with Crippen LogP contribution in [0.5, 0.6) is 0 Å². The summed E-state index contributed by atoms with van der Waals surface area (Å²) in [6, 6.07) is 8.71. The van der Waals surface area contributed by atoms with E-state index in [2.05, 4.69) is 10.6 Å². The van der Waals surface area contributed by atoms with Gasteiger partial charge in [-0.1, -0.05) is 25.1 Å². The molecule has 1 aromatic carbocycles. The molecule has 0 spiro atoms. The maximum absolute atomic E-state index is 12.4. The van der Waals surface area contributed by atoms with Gasteiger partial charge < -0.3 is 20.4 Å². The van der Waals surface area contributed by atoms with Gasteiger partial charge in [-0.2, -0.15) is 0 Å². The van der Waals surface area contributed by atoms with Gasteiger partial charge in [0.05, 0.1) is 26.2 Å². The van der Waals surface area contributed by atoms with E-state index >= 15 is 0 Å². The molecule has 2 rings (SSSR count). The quantitative estimate of drug-likeness (QED) is 0.586. The van der Waals surface area contributed by atoms with Crippen LogP contribution in [0.25, 0.3) is 0 Å². The van der Waals surface area contributed by atoms with Gasteiger partial charge in [-0.15, -0.1) is 0 Å². The predicted molar refractivity (Wildman–Crippen MR) is 98.8 cm³/mol. The summed E-state index contributed by atoms with van der Waals surface area (Å²) in [7, 11) is 0. The van der Waals surface area contributed by atoms with Gasteiger partial charge in [0.2, 0.25) is 5.91 Å². The molecule has 7 nitrogen and oxygen atoms in total. The van der Waals surface area contributed by atoms with Crippen LogP contribution in [0.2, 0.25) is 0 Å². The van der Waals surface area contributed by atoms with Crippen LogP contribution in [0.4, 0.5) is 0 Å². The zero-order chi connectivity index (χ0) is 18.9. The van der Waals surface area contributed by atoms with Gasteiger partial charge in [0.25, 0.3) is 11.8 Å². The van der Waals surface area contributed by atoms with Crippen molar-refractivity contribution < 1.29 is 19.3 Å². The van der Waals surface area contributed by atoms with E-state index in [-0.39, 0.29) is 17.7 Å². The maximum Gasteiger partial charge on any atom is 0.275 e. The molecule has 0 bridgehead atoms. The second kappa shape index (κ2) is 9.91. The maximum atomic E-state index is 12.4. The lowest BCUT2D eigenvalue weighted by atomic mass is 10.2. The molecule has 1 aliphatic rings. The van der Waals surface area contributed by atoms with Crippen molar-refractivity contribution in [2.75, 3.05) is 39.3 Å². The van der Waals surface area contributed by atoms with Crippen LogP contribution in [0, 0.1) is 0 Å². The molecule has 1 saturated heterocycles. The number of benzene rings is 1. The molecular formula is C19H29N4O3+. The third kappa shape index (κ3) is 5.84.